The molecule has 3 unspecified atom stereocenters. The van der Waals surface area contributed by atoms with E-state index in [1.165, 1.54) is 25.1 Å². The Hall–Kier alpha value is -2.04. The first-order valence-corrected chi connectivity index (χ1v) is 8.54. The molecule has 0 N–H and O–H groups in total. The number of ether oxygens (including phenoxy) is 1. The first kappa shape index (κ1) is 15.5. The molecule has 1 aromatic heterocycles. The summed E-state index contributed by atoms with van der Waals surface area (Å²) in [6.07, 6.45) is 1.20. The van der Waals surface area contributed by atoms with E-state index in [0.29, 0.717) is 17.7 Å². The van der Waals surface area contributed by atoms with Crippen molar-refractivity contribution in [1.29, 1.82) is 0 Å². The smallest absolute Gasteiger partial charge is 0.250 e. The number of fused-ring (bicyclic) bond motifs is 2. The van der Waals surface area contributed by atoms with Crippen LogP contribution >= 0.6 is 11.7 Å². The molecule has 2 bridgehead atoms. The number of hydrogen-bond acceptors (Lipinski definition) is 5. The van der Waals surface area contributed by atoms with E-state index in [1.807, 2.05) is 0 Å². The molecular formula is C17H15F2N3OS. The highest BCUT2D eigenvalue weighted by Gasteiger charge is 2.41. The van der Waals surface area contributed by atoms with Gasteiger partial charge >= 0.3 is 0 Å². The third kappa shape index (κ3) is 3.12. The molecule has 2 fully saturated rings. The van der Waals surface area contributed by atoms with Gasteiger partial charge in [0.25, 0.3) is 0 Å². The van der Waals surface area contributed by atoms with Crippen LogP contribution in [0.2, 0.25) is 0 Å². The molecule has 7 heteroatoms. The topological polar surface area (TPSA) is 38.3 Å². The first-order valence-electron chi connectivity index (χ1n) is 7.81. The van der Waals surface area contributed by atoms with Gasteiger partial charge in [-0.05, 0) is 31.0 Å². The second kappa shape index (κ2) is 6.46. The van der Waals surface area contributed by atoms with Crippen LogP contribution in [0, 0.1) is 29.4 Å². The summed E-state index contributed by atoms with van der Waals surface area (Å²) in [7, 11) is 0. The second-order valence-electron chi connectivity index (χ2n) is 6.12. The number of rotatable bonds is 3. The fraction of sp³-hybridized carbons (Fsp3) is 0.412. The molecule has 0 amide bonds. The number of hydrogen-bond donors (Lipinski definition) is 0. The number of nitrogens with zero attached hydrogens (tertiary/aromatic N) is 3. The fourth-order valence-corrected chi connectivity index (χ4v) is 4.04. The Labute approximate surface area is 142 Å². The molecule has 0 spiro atoms. The SMILES string of the molecule is Fc1cc(F)cc(C#CCOc2nsnc2C2CN3CCC2C3)c1. The summed E-state index contributed by atoms with van der Waals surface area (Å²) in [5, 5.41) is 0. The molecule has 0 saturated carbocycles. The summed E-state index contributed by atoms with van der Waals surface area (Å²) < 4.78 is 40.5. The average molecular weight is 347 g/mol. The van der Waals surface area contributed by atoms with E-state index < -0.39 is 11.6 Å². The Morgan fingerprint density at radius 2 is 2.04 bits per heavy atom. The quantitative estimate of drug-likeness (QED) is 0.800. The Morgan fingerprint density at radius 3 is 2.75 bits per heavy atom. The van der Waals surface area contributed by atoms with Gasteiger partial charge in [0.2, 0.25) is 5.88 Å². The lowest BCUT2D eigenvalue weighted by atomic mass is 9.90. The van der Waals surface area contributed by atoms with Gasteiger partial charge in [0.1, 0.15) is 17.3 Å². The van der Waals surface area contributed by atoms with Gasteiger partial charge in [0.05, 0.1) is 11.7 Å². The van der Waals surface area contributed by atoms with E-state index in [9.17, 15) is 8.78 Å². The van der Waals surface area contributed by atoms with Crippen LogP contribution < -0.4 is 4.74 Å². The summed E-state index contributed by atoms with van der Waals surface area (Å²) in [5.74, 6) is 5.75. The van der Waals surface area contributed by atoms with Gasteiger partial charge in [0, 0.05) is 30.6 Å². The van der Waals surface area contributed by atoms with E-state index in [2.05, 4.69) is 25.5 Å². The third-order valence-electron chi connectivity index (χ3n) is 4.54. The molecule has 2 aromatic rings. The molecule has 124 valence electrons. The molecule has 2 saturated heterocycles. The van der Waals surface area contributed by atoms with Gasteiger partial charge in [-0.3, -0.25) is 0 Å². The lowest BCUT2D eigenvalue weighted by molar-refractivity contribution is 0.323. The monoisotopic (exact) mass is 347 g/mol. The van der Waals surface area contributed by atoms with E-state index in [0.717, 1.165) is 36.6 Å². The van der Waals surface area contributed by atoms with Crippen LogP contribution in [0.4, 0.5) is 8.78 Å². The van der Waals surface area contributed by atoms with E-state index in [4.69, 9.17) is 4.74 Å². The molecule has 4 rings (SSSR count). The molecule has 3 atom stereocenters. The lowest BCUT2D eigenvalue weighted by Gasteiger charge is -2.20. The second-order valence-corrected chi connectivity index (χ2v) is 6.65. The van der Waals surface area contributed by atoms with Crippen LogP contribution in [-0.4, -0.2) is 39.9 Å². The average Bonchev–Trinajstić information content (AvgIpc) is 3.26. The maximum atomic E-state index is 13.1. The van der Waals surface area contributed by atoms with E-state index in [1.54, 1.807) is 0 Å². The largest absolute Gasteiger partial charge is 0.463 e. The zero-order valence-corrected chi connectivity index (χ0v) is 13.7. The molecule has 3 heterocycles. The lowest BCUT2D eigenvalue weighted by Crippen LogP contribution is -2.22. The van der Waals surface area contributed by atoms with Gasteiger partial charge in [-0.25, -0.2) is 8.78 Å². The van der Waals surface area contributed by atoms with Gasteiger partial charge in [-0.15, -0.1) is 4.37 Å². The fourth-order valence-electron chi connectivity index (χ4n) is 3.48. The van der Waals surface area contributed by atoms with Crippen molar-refractivity contribution in [3.05, 3.63) is 41.1 Å². The minimum Gasteiger partial charge on any atom is -0.463 e. The summed E-state index contributed by atoms with van der Waals surface area (Å²) in [6.45, 7) is 3.43. The van der Waals surface area contributed by atoms with Crippen LogP contribution in [-0.2, 0) is 0 Å². The maximum Gasteiger partial charge on any atom is 0.250 e. The summed E-state index contributed by atoms with van der Waals surface area (Å²) in [4.78, 5) is 2.44. The summed E-state index contributed by atoms with van der Waals surface area (Å²) in [6, 6.07) is 3.20. The summed E-state index contributed by atoms with van der Waals surface area (Å²) >= 11 is 1.15. The number of piperidine rings is 1. The highest BCUT2D eigenvalue weighted by molar-refractivity contribution is 6.99. The number of benzene rings is 1. The standard InChI is InChI=1S/C17H15F2N3OS/c18-13-6-11(7-14(19)8-13)2-1-5-23-17-16(20-24-21-17)15-10-22-4-3-12(15)9-22/h6-8,12,15H,3-5,9-10H2. The first-order chi connectivity index (χ1) is 11.7. The van der Waals surface area contributed by atoms with Crippen molar-refractivity contribution in [2.45, 2.75) is 12.3 Å². The van der Waals surface area contributed by atoms with Crippen LogP contribution in [0.1, 0.15) is 23.6 Å². The Kier molecular flexibility index (Phi) is 4.17. The van der Waals surface area contributed by atoms with Gasteiger partial charge < -0.3 is 9.64 Å². The minimum atomic E-state index is -0.641. The zero-order valence-electron chi connectivity index (χ0n) is 12.8. The molecule has 24 heavy (non-hydrogen) atoms. The normalized spacial score (nSPS) is 24.7. The van der Waals surface area contributed by atoms with Crippen LogP contribution in [0.15, 0.2) is 18.2 Å². The molecule has 2 aliphatic heterocycles. The van der Waals surface area contributed by atoms with Crippen molar-refractivity contribution >= 4 is 11.7 Å². The molecule has 2 aliphatic rings. The van der Waals surface area contributed by atoms with Crippen molar-refractivity contribution in [3.8, 4) is 17.7 Å². The highest BCUT2D eigenvalue weighted by Crippen LogP contribution is 2.41. The van der Waals surface area contributed by atoms with Crippen LogP contribution in [0.25, 0.3) is 0 Å². The minimum absolute atomic E-state index is 0.109. The molecular weight excluding hydrogens is 332 g/mol. The van der Waals surface area contributed by atoms with Crippen molar-refractivity contribution in [3.63, 3.8) is 0 Å². The number of halogens is 2. The van der Waals surface area contributed by atoms with E-state index in [-0.39, 0.29) is 12.2 Å². The number of aromatic nitrogens is 2. The van der Waals surface area contributed by atoms with Crippen molar-refractivity contribution in [1.82, 2.24) is 13.6 Å². The Bertz CT molecular complexity index is 793. The van der Waals surface area contributed by atoms with Crippen LogP contribution in [0.5, 0.6) is 5.88 Å². The maximum absolute atomic E-state index is 13.1. The van der Waals surface area contributed by atoms with Crippen LogP contribution in [0.3, 0.4) is 0 Å². The van der Waals surface area contributed by atoms with Crippen molar-refractivity contribution < 1.29 is 13.5 Å². The van der Waals surface area contributed by atoms with E-state index >= 15 is 0 Å². The summed E-state index contributed by atoms with van der Waals surface area (Å²) in [5.41, 5.74) is 1.21. The Morgan fingerprint density at radius 1 is 1.21 bits per heavy atom. The highest BCUT2D eigenvalue weighted by atomic mass is 32.1. The molecule has 0 radical (unpaired) electrons. The predicted octanol–water partition coefficient (Wildman–Crippen LogP) is 2.67. The van der Waals surface area contributed by atoms with Gasteiger partial charge in [-0.1, -0.05) is 11.8 Å². The molecule has 1 aromatic carbocycles. The van der Waals surface area contributed by atoms with Gasteiger partial charge in [-0.2, -0.15) is 4.37 Å². The third-order valence-corrected chi connectivity index (χ3v) is 5.07. The van der Waals surface area contributed by atoms with Crippen molar-refractivity contribution in [2.24, 2.45) is 5.92 Å². The predicted molar refractivity (Wildman–Crippen MR) is 85.9 cm³/mol. The molecule has 4 nitrogen and oxygen atoms in total. The Balaban J connectivity index is 1.41. The molecule has 0 aliphatic carbocycles. The van der Waals surface area contributed by atoms with Crippen molar-refractivity contribution in [2.75, 3.05) is 26.2 Å². The zero-order chi connectivity index (χ0) is 16.5. The van der Waals surface area contributed by atoms with Gasteiger partial charge in [0.15, 0.2) is 6.61 Å².